The lowest BCUT2D eigenvalue weighted by atomic mass is 10.0. The Balaban J connectivity index is 1.57. The van der Waals surface area contributed by atoms with Crippen LogP contribution in [0.15, 0.2) is 140 Å². The summed E-state index contributed by atoms with van der Waals surface area (Å²) in [6, 6.07) is 42.3. The van der Waals surface area contributed by atoms with Crippen LogP contribution < -0.4 is 0 Å². The zero-order chi connectivity index (χ0) is 27.6. The van der Waals surface area contributed by atoms with Crippen LogP contribution in [-0.4, -0.2) is 24.1 Å². The van der Waals surface area contributed by atoms with Crippen molar-refractivity contribution in [3.8, 4) is 22.8 Å². The molecule has 0 spiro atoms. The molecule has 0 aliphatic rings. The number of benzene rings is 5. The second kappa shape index (κ2) is 8.85. The van der Waals surface area contributed by atoms with E-state index in [1.807, 2.05) is 42.9 Å². The molecule has 42 heavy (non-hydrogen) atoms. The Labute approximate surface area is 241 Å². The largest absolute Gasteiger partial charge is 0.307 e. The molecule has 9 rings (SSSR count). The van der Waals surface area contributed by atoms with Crippen LogP contribution in [0.5, 0.6) is 0 Å². The molecule has 0 atom stereocenters. The molecule has 0 aliphatic heterocycles. The lowest BCUT2D eigenvalue weighted by Gasteiger charge is -2.13. The van der Waals surface area contributed by atoms with Crippen molar-refractivity contribution < 1.29 is 0 Å². The lowest BCUT2D eigenvalue weighted by Crippen LogP contribution is -2.02. The van der Waals surface area contributed by atoms with Crippen molar-refractivity contribution in [2.75, 3.05) is 0 Å². The SMILES string of the molecule is c1ccc(-c2cncc(-n3c4ccccc4c4c5ncccc5c5c6ccccc6n(-c6ccccc6)c5c43)n2)cc1. The molecule has 5 nitrogen and oxygen atoms in total. The molecule has 0 aliphatic carbocycles. The molecule has 9 aromatic rings. The molecule has 0 saturated heterocycles. The van der Waals surface area contributed by atoms with E-state index in [0.29, 0.717) is 0 Å². The first-order valence-electron chi connectivity index (χ1n) is 14.0. The topological polar surface area (TPSA) is 48.5 Å². The van der Waals surface area contributed by atoms with Crippen LogP contribution in [0.4, 0.5) is 0 Å². The Morgan fingerprint density at radius 1 is 0.500 bits per heavy atom. The zero-order valence-electron chi connectivity index (χ0n) is 22.5. The summed E-state index contributed by atoms with van der Waals surface area (Å²) < 4.78 is 4.67. The summed E-state index contributed by atoms with van der Waals surface area (Å²) in [5, 5.41) is 5.76. The van der Waals surface area contributed by atoms with Crippen molar-refractivity contribution in [2.24, 2.45) is 0 Å². The van der Waals surface area contributed by atoms with Crippen molar-refractivity contribution in [2.45, 2.75) is 0 Å². The highest BCUT2D eigenvalue weighted by molar-refractivity contribution is 6.35. The fourth-order valence-electron chi connectivity index (χ4n) is 6.54. The molecule has 0 fully saturated rings. The minimum absolute atomic E-state index is 0.768. The second-order valence-corrected chi connectivity index (χ2v) is 10.5. The summed E-state index contributed by atoms with van der Waals surface area (Å²) in [5.41, 5.74) is 8.36. The van der Waals surface area contributed by atoms with Gasteiger partial charge < -0.3 is 4.57 Å². The normalized spacial score (nSPS) is 11.8. The maximum Gasteiger partial charge on any atom is 0.156 e. The summed E-state index contributed by atoms with van der Waals surface area (Å²) >= 11 is 0. The number of rotatable bonds is 3. The number of nitrogens with zero attached hydrogens (tertiary/aromatic N) is 5. The van der Waals surface area contributed by atoms with E-state index >= 15 is 0 Å². The van der Waals surface area contributed by atoms with Gasteiger partial charge in [-0.2, -0.15) is 0 Å². The van der Waals surface area contributed by atoms with Gasteiger partial charge in [0.05, 0.1) is 45.7 Å². The number of pyridine rings is 1. The molecule has 0 amide bonds. The van der Waals surface area contributed by atoms with Crippen LogP contribution in [0.3, 0.4) is 0 Å². The number of fused-ring (bicyclic) bond motifs is 10. The predicted molar refractivity (Wildman–Crippen MR) is 171 cm³/mol. The molecule has 4 aromatic heterocycles. The van der Waals surface area contributed by atoms with Crippen molar-refractivity contribution in [3.63, 3.8) is 0 Å². The van der Waals surface area contributed by atoms with Gasteiger partial charge in [-0.05, 0) is 30.3 Å². The average molecular weight is 538 g/mol. The van der Waals surface area contributed by atoms with Crippen LogP contribution in [0.2, 0.25) is 0 Å². The molecule has 4 heterocycles. The third kappa shape index (κ3) is 3.16. The third-order valence-corrected chi connectivity index (χ3v) is 8.22. The van der Waals surface area contributed by atoms with Gasteiger partial charge in [0.2, 0.25) is 0 Å². The molecular weight excluding hydrogens is 514 g/mol. The molecule has 196 valence electrons. The van der Waals surface area contributed by atoms with Crippen LogP contribution in [0.25, 0.3) is 77.3 Å². The fraction of sp³-hybridized carbons (Fsp3) is 0. The van der Waals surface area contributed by atoms with E-state index < -0.39 is 0 Å². The quantitative estimate of drug-likeness (QED) is 0.226. The number of aromatic nitrogens is 5. The summed E-state index contributed by atoms with van der Waals surface area (Å²) in [5.74, 6) is 0.768. The van der Waals surface area contributed by atoms with Crippen LogP contribution >= 0.6 is 0 Å². The molecular formula is C37H23N5. The Kier molecular flexibility index (Phi) is 4.83. The minimum Gasteiger partial charge on any atom is -0.307 e. The third-order valence-electron chi connectivity index (χ3n) is 8.22. The second-order valence-electron chi connectivity index (χ2n) is 10.5. The first-order chi connectivity index (χ1) is 20.9. The van der Waals surface area contributed by atoms with Crippen molar-refractivity contribution >= 4 is 54.5 Å². The van der Waals surface area contributed by atoms with Gasteiger partial charge in [-0.1, -0.05) is 91.0 Å². The van der Waals surface area contributed by atoms with Gasteiger partial charge in [-0.25, -0.2) is 4.98 Å². The molecule has 0 radical (unpaired) electrons. The lowest BCUT2D eigenvalue weighted by molar-refractivity contribution is 1.04. The smallest absolute Gasteiger partial charge is 0.156 e. The van der Waals surface area contributed by atoms with Crippen LogP contribution in [0, 0.1) is 0 Å². The Morgan fingerprint density at radius 3 is 1.90 bits per heavy atom. The van der Waals surface area contributed by atoms with Crippen LogP contribution in [-0.2, 0) is 0 Å². The monoisotopic (exact) mass is 537 g/mol. The van der Waals surface area contributed by atoms with E-state index in [4.69, 9.17) is 15.0 Å². The standard InChI is InChI=1S/C37H23N5/c1-3-12-24(13-4-1)29-22-38-23-32(40-29)42-31-20-10-8-17-27(31)34-35-28(18-11-21-39-35)33-26-16-7-9-19-30(26)41(36(33)37(34)42)25-14-5-2-6-15-25/h1-23H. The van der Waals surface area contributed by atoms with E-state index in [2.05, 4.69) is 106 Å². The summed E-state index contributed by atoms with van der Waals surface area (Å²) in [7, 11) is 0. The predicted octanol–water partition coefficient (Wildman–Crippen LogP) is 8.89. The van der Waals surface area contributed by atoms with Gasteiger partial charge in [0.1, 0.15) is 0 Å². The van der Waals surface area contributed by atoms with Gasteiger partial charge in [-0.3, -0.25) is 14.5 Å². The highest BCUT2D eigenvalue weighted by atomic mass is 15.1. The van der Waals surface area contributed by atoms with Crippen molar-refractivity contribution in [1.82, 2.24) is 24.1 Å². The molecule has 0 unspecified atom stereocenters. The molecule has 0 bridgehead atoms. The van der Waals surface area contributed by atoms with E-state index in [1.54, 1.807) is 0 Å². The highest BCUT2D eigenvalue weighted by Crippen LogP contribution is 2.45. The van der Waals surface area contributed by atoms with Gasteiger partial charge in [0.25, 0.3) is 0 Å². The maximum atomic E-state index is 5.20. The Hall–Kier alpha value is -5.81. The van der Waals surface area contributed by atoms with Crippen LogP contribution in [0.1, 0.15) is 0 Å². The average Bonchev–Trinajstić information content (AvgIpc) is 3.60. The molecule has 0 saturated carbocycles. The van der Waals surface area contributed by atoms with Gasteiger partial charge in [-0.15, -0.1) is 0 Å². The number of para-hydroxylation sites is 3. The first-order valence-corrected chi connectivity index (χ1v) is 14.0. The van der Waals surface area contributed by atoms with Gasteiger partial charge in [0.15, 0.2) is 5.82 Å². The van der Waals surface area contributed by atoms with Gasteiger partial charge in [0, 0.05) is 44.4 Å². The minimum atomic E-state index is 0.768. The van der Waals surface area contributed by atoms with E-state index in [-0.39, 0.29) is 0 Å². The zero-order valence-corrected chi connectivity index (χ0v) is 22.5. The summed E-state index contributed by atoms with van der Waals surface area (Å²) in [6.07, 6.45) is 5.59. The Bertz CT molecular complexity index is 2450. The van der Waals surface area contributed by atoms with Crippen molar-refractivity contribution in [3.05, 3.63) is 140 Å². The molecule has 0 N–H and O–H groups in total. The first kappa shape index (κ1) is 22.9. The summed E-state index contributed by atoms with van der Waals surface area (Å²) in [4.78, 5) is 14.9. The number of hydrogen-bond donors (Lipinski definition) is 0. The van der Waals surface area contributed by atoms with Crippen molar-refractivity contribution in [1.29, 1.82) is 0 Å². The van der Waals surface area contributed by atoms with E-state index in [9.17, 15) is 0 Å². The fourth-order valence-corrected chi connectivity index (χ4v) is 6.54. The summed E-state index contributed by atoms with van der Waals surface area (Å²) in [6.45, 7) is 0. The highest BCUT2D eigenvalue weighted by Gasteiger charge is 2.25. The molecule has 5 aromatic carbocycles. The van der Waals surface area contributed by atoms with Gasteiger partial charge >= 0.3 is 0 Å². The number of hydrogen-bond acceptors (Lipinski definition) is 3. The van der Waals surface area contributed by atoms with E-state index in [0.717, 1.165) is 66.5 Å². The van der Waals surface area contributed by atoms with E-state index in [1.165, 1.54) is 10.8 Å². The Morgan fingerprint density at radius 2 is 1.12 bits per heavy atom. The maximum absolute atomic E-state index is 5.20. The molecule has 5 heteroatoms.